The van der Waals surface area contributed by atoms with Crippen LogP contribution in [0.25, 0.3) is 0 Å². The average molecular weight is 312 g/mol. The highest BCUT2D eigenvalue weighted by Gasteiger charge is 2.44. The summed E-state index contributed by atoms with van der Waals surface area (Å²) in [5, 5.41) is 5.76. The summed E-state index contributed by atoms with van der Waals surface area (Å²) in [5.74, 6) is -0.271. The topological polar surface area (TPSA) is 41.1 Å². The van der Waals surface area contributed by atoms with E-state index in [1.807, 2.05) is 0 Å². The van der Waals surface area contributed by atoms with Gasteiger partial charge in [0.2, 0.25) is 0 Å². The number of carbonyl (C=O) groups excluding carboxylic acids is 1. The number of carbonyl (C=O) groups is 1. The zero-order valence-electron chi connectivity index (χ0n) is 13.2. The predicted molar refractivity (Wildman–Crippen MR) is 88.7 cm³/mol. The first-order valence-electron chi connectivity index (χ1n) is 7.91. The molecule has 120 valence electrons. The smallest absolute Gasteiger partial charge is 0.315 e. The van der Waals surface area contributed by atoms with Gasteiger partial charge in [-0.1, -0.05) is 42.0 Å². The van der Waals surface area contributed by atoms with E-state index >= 15 is 0 Å². The monoisotopic (exact) mass is 312 g/mol. The molecule has 1 fully saturated rings. The Morgan fingerprint density at radius 3 is 2.30 bits per heavy atom. The number of nitrogens with one attached hydrogen (secondary N) is 2. The minimum atomic E-state index is -0.271. The molecule has 2 amide bonds. The van der Waals surface area contributed by atoms with Crippen molar-refractivity contribution in [2.24, 2.45) is 0 Å². The molecule has 1 saturated carbocycles. The molecular weight excluding hydrogens is 291 g/mol. The molecule has 1 aliphatic carbocycles. The fraction of sp³-hybridized carbons (Fsp3) is 0.316. The molecule has 0 unspecified atom stereocenters. The minimum Gasteiger partial charge on any atom is -0.337 e. The lowest BCUT2D eigenvalue weighted by Crippen LogP contribution is -2.39. The Morgan fingerprint density at radius 2 is 1.70 bits per heavy atom. The Morgan fingerprint density at radius 1 is 1.04 bits per heavy atom. The van der Waals surface area contributed by atoms with Crippen LogP contribution in [0.5, 0.6) is 0 Å². The van der Waals surface area contributed by atoms with Gasteiger partial charge in [-0.05, 0) is 43.0 Å². The summed E-state index contributed by atoms with van der Waals surface area (Å²) in [6.07, 6.45) is 2.21. The fourth-order valence-corrected chi connectivity index (χ4v) is 2.72. The highest BCUT2D eigenvalue weighted by atomic mass is 19.1. The summed E-state index contributed by atoms with van der Waals surface area (Å²) in [6.45, 7) is 3.11. The van der Waals surface area contributed by atoms with Crippen LogP contribution in [-0.4, -0.2) is 12.6 Å². The van der Waals surface area contributed by atoms with Crippen molar-refractivity contribution in [3.8, 4) is 0 Å². The van der Waals surface area contributed by atoms with Gasteiger partial charge in [-0.3, -0.25) is 0 Å². The zero-order valence-corrected chi connectivity index (χ0v) is 13.2. The number of rotatable bonds is 5. The zero-order chi connectivity index (χ0) is 16.3. The first-order valence-corrected chi connectivity index (χ1v) is 7.91. The number of urea groups is 1. The molecular formula is C19H21FN2O. The van der Waals surface area contributed by atoms with E-state index in [0.29, 0.717) is 13.1 Å². The molecule has 1 aliphatic rings. The molecule has 0 heterocycles. The van der Waals surface area contributed by atoms with Gasteiger partial charge in [0.1, 0.15) is 5.82 Å². The van der Waals surface area contributed by atoms with Gasteiger partial charge in [0.15, 0.2) is 0 Å². The van der Waals surface area contributed by atoms with E-state index in [2.05, 4.69) is 41.8 Å². The summed E-state index contributed by atoms with van der Waals surface area (Å²) in [5.41, 5.74) is 3.51. The van der Waals surface area contributed by atoms with Crippen molar-refractivity contribution < 1.29 is 9.18 Å². The average Bonchev–Trinajstić information content (AvgIpc) is 3.34. The third-order valence-electron chi connectivity index (χ3n) is 4.47. The highest BCUT2D eigenvalue weighted by Crippen LogP contribution is 2.47. The van der Waals surface area contributed by atoms with E-state index in [0.717, 1.165) is 18.4 Å². The first-order chi connectivity index (χ1) is 11.1. The van der Waals surface area contributed by atoms with Crippen LogP contribution in [0.15, 0.2) is 48.5 Å². The lowest BCUT2D eigenvalue weighted by atomic mass is 9.95. The van der Waals surface area contributed by atoms with Crippen molar-refractivity contribution in [2.45, 2.75) is 31.7 Å². The lowest BCUT2D eigenvalue weighted by molar-refractivity contribution is 0.239. The Hall–Kier alpha value is -2.36. The summed E-state index contributed by atoms with van der Waals surface area (Å²) >= 11 is 0. The molecule has 0 saturated heterocycles. The van der Waals surface area contributed by atoms with E-state index in [1.165, 1.54) is 23.3 Å². The predicted octanol–water partition coefficient (Wildman–Crippen LogP) is 3.67. The molecule has 4 heteroatoms. The van der Waals surface area contributed by atoms with Crippen LogP contribution in [0.4, 0.5) is 9.18 Å². The van der Waals surface area contributed by atoms with Crippen LogP contribution >= 0.6 is 0 Å². The maximum Gasteiger partial charge on any atom is 0.315 e. The van der Waals surface area contributed by atoms with Crippen molar-refractivity contribution in [2.75, 3.05) is 6.54 Å². The summed E-state index contributed by atoms with van der Waals surface area (Å²) in [6, 6.07) is 14.5. The SMILES string of the molecule is Cc1ccc(C2(CNC(=O)NCc3ccc(F)cc3)CC2)cc1. The summed E-state index contributed by atoms with van der Waals surface area (Å²) < 4.78 is 12.8. The van der Waals surface area contributed by atoms with Gasteiger partial charge < -0.3 is 10.6 Å². The van der Waals surface area contributed by atoms with Gasteiger partial charge in [0.05, 0.1) is 0 Å². The van der Waals surface area contributed by atoms with Gasteiger partial charge in [-0.25, -0.2) is 9.18 Å². The maximum absolute atomic E-state index is 12.8. The minimum absolute atomic E-state index is 0.0981. The Balaban J connectivity index is 1.49. The Kier molecular flexibility index (Phi) is 4.33. The molecule has 0 aromatic heterocycles. The van der Waals surface area contributed by atoms with Gasteiger partial charge >= 0.3 is 6.03 Å². The van der Waals surface area contributed by atoms with Crippen molar-refractivity contribution in [3.05, 3.63) is 71.0 Å². The van der Waals surface area contributed by atoms with Crippen molar-refractivity contribution in [1.82, 2.24) is 10.6 Å². The van der Waals surface area contributed by atoms with Crippen LogP contribution in [0.3, 0.4) is 0 Å². The number of benzene rings is 2. The summed E-state index contributed by atoms with van der Waals surface area (Å²) in [4.78, 5) is 11.9. The van der Waals surface area contributed by atoms with E-state index in [4.69, 9.17) is 0 Å². The quantitative estimate of drug-likeness (QED) is 0.869. The normalized spacial score (nSPS) is 15.0. The van der Waals surface area contributed by atoms with Crippen LogP contribution in [0.2, 0.25) is 0 Å². The van der Waals surface area contributed by atoms with Gasteiger partial charge in [-0.15, -0.1) is 0 Å². The molecule has 3 nitrogen and oxygen atoms in total. The van der Waals surface area contributed by atoms with Crippen LogP contribution < -0.4 is 10.6 Å². The molecule has 2 aromatic rings. The second kappa shape index (κ2) is 6.41. The van der Waals surface area contributed by atoms with E-state index in [-0.39, 0.29) is 17.3 Å². The molecule has 0 spiro atoms. The van der Waals surface area contributed by atoms with Gasteiger partial charge in [-0.2, -0.15) is 0 Å². The van der Waals surface area contributed by atoms with E-state index in [9.17, 15) is 9.18 Å². The third-order valence-corrected chi connectivity index (χ3v) is 4.47. The van der Waals surface area contributed by atoms with Gasteiger partial charge in [0.25, 0.3) is 0 Å². The third kappa shape index (κ3) is 3.89. The van der Waals surface area contributed by atoms with Crippen LogP contribution in [0, 0.1) is 12.7 Å². The highest BCUT2D eigenvalue weighted by molar-refractivity contribution is 5.74. The second-order valence-electron chi connectivity index (χ2n) is 6.31. The molecule has 0 radical (unpaired) electrons. The van der Waals surface area contributed by atoms with Crippen molar-refractivity contribution in [3.63, 3.8) is 0 Å². The van der Waals surface area contributed by atoms with Crippen molar-refractivity contribution in [1.29, 1.82) is 0 Å². The standard InChI is InChI=1S/C19H21FN2O/c1-14-2-6-16(7-3-14)19(10-11-19)13-22-18(23)21-12-15-4-8-17(20)9-5-15/h2-9H,10-13H2,1H3,(H2,21,22,23). The molecule has 2 N–H and O–H groups in total. The van der Waals surface area contributed by atoms with Gasteiger partial charge in [0, 0.05) is 18.5 Å². The molecule has 0 bridgehead atoms. The largest absolute Gasteiger partial charge is 0.337 e. The first kappa shape index (κ1) is 15.5. The number of amides is 2. The molecule has 3 rings (SSSR count). The lowest BCUT2D eigenvalue weighted by Gasteiger charge is -2.17. The van der Waals surface area contributed by atoms with Crippen LogP contribution in [0.1, 0.15) is 29.5 Å². The van der Waals surface area contributed by atoms with E-state index < -0.39 is 0 Å². The summed E-state index contributed by atoms with van der Waals surface area (Å²) in [7, 11) is 0. The maximum atomic E-state index is 12.8. The fourth-order valence-electron chi connectivity index (χ4n) is 2.72. The molecule has 0 aliphatic heterocycles. The van der Waals surface area contributed by atoms with Crippen LogP contribution in [-0.2, 0) is 12.0 Å². The Labute approximate surface area is 135 Å². The number of halogens is 1. The number of aryl methyl sites for hydroxylation is 1. The molecule has 2 aromatic carbocycles. The molecule has 23 heavy (non-hydrogen) atoms. The number of hydrogen-bond acceptors (Lipinski definition) is 1. The molecule has 0 atom stereocenters. The number of hydrogen-bond donors (Lipinski definition) is 2. The second-order valence-corrected chi connectivity index (χ2v) is 6.31. The Bertz CT molecular complexity index is 676. The van der Waals surface area contributed by atoms with Crippen molar-refractivity contribution >= 4 is 6.03 Å². The van der Waals surface area contributed by atoms with E-state index in [1.54, 1.807) is 12.1 Å².